The van der Waals surface area contributed by atoms with Gasteiger partial charge in [-0.05, 0) is 61.8 Å². The summed E-state index contributed by atoms with van der Waals surface area (Å²) in [6, 6.07) is 8.39. The Kier molecular flexibility index (Phi) is 6.82. The highest BCUT2D eigenvalue weighted by Gasteiger charge is 2.31. The smallest absolute Gasteiger partial charge is 0.416 e. The summed E-state index contributed by atoms with van der Waals surface area (Å²) in [6.45, 7) is 2.14. The third-order valence-corrected chi connectivity index (χ3v) is 5.59. The number of nitrogens with two attached hydrogens (primary N) is 1. The predicted molar refractivity (Wildman–Crippen MR) is 120 cm³/mol. The van der Waals surface area contributed by atoms with E-state index in [2.05, 4.69) is 20.0 Å². The normalized spacial score (nSPS) is 14.7. The van der Waals surface area contributed by atoms with Crippen molar-refractivity contribution in [1.29, 1.82) is 0 Å². The number of likely N-dealkylation sites (tertiary alicyclic amines) is 1. The second-order valence-electron chi connectivity index (χ2n) is 8.00. The SMILES string of the molecule is COc1cccc2c1nc(N)n1ncnc21.Fc1cc(CN2CCCCC2)cc(C(F)(F)F)c1. The van der Waals surface area contributed by atoms with E-state index in [0.717, 1.165) is 43.8 Å². The molecule has 180 valence electrons. The molecule has 1 saturated heterocycles. The summed E-state index contributed by atoms with van der Waals surface area (Å²) in [4.78, 5) is 10.5. The van der Waals surface area contributed by atoms with Gasteiger partial charge in [0.2, 0.25) is 5.95 Å². The number of anilines is 1. The van der Waals surface area contributed by atoms with Gasteiger partial charge in [-0.15, -0.1) is 0 Å². The summed E-state index contributed by atoms with van der Waals surface area (Å²) in [6.07, 6.45) is 0.237. The maximum Gasteiger partial charge on any atom is 0.416 e. The number of methoxy groups -OCH3 is 1. The molecule has 3 heterocycles. The van der Waals surface area contributed by atoms with Crippen LogP contribution in [-0.2, 0) is 12.7 Å². The van der Waals surface area contributed by atoms with Gasteiger partial charge in [-0.3, -0.25) is 4.90 Å². The minimum Gasteiger partial charge on any atom is -0.494 e. The molecule has 0 amide bonds. The van der Waals surface area contributed by atoms with Crippen molar-refractivity contribution in [3.05, 3.63) is 59.7 Å². The first-order chi connectivity index (χ1) is 16.3. The number of hydrogen-bond donors (Lipinski definition) is 1. The average Bonchev–Trinajstić information content (AvgIpc) is 3.30. The zero-order valence-electron chi connectivity index (χ0n) is 18.5. The Morgan fingerprint density at radius 3 is 2.56 bits per heavy atom. The number of aromatic nitrogens is 4. The van der Waals surface area contributed by atoms with Crippen LogP contribution < -0.4 is 10.5 Å². The van der Waals surface area contributed by atoms with Crippen LogP contribution in [0.4, 0.5) is 23.5 Å². The number of halogens is 4. The first kappa shape index (κ1) is 23.7. The van der Waals surface area contributed by atoms with Crippen LogP contribution in [0.2, 0.25) is 0 Å². The second-order valence-corrected chi connectivity index (χ2v) is 8.00. The zero-order valence-corrected chi connectivity index (χ0v) is 18.5. The van der Waals surface area contributed by atoms with Gasteiger partial charge in [0.25, 0.3) is 0 Å². The highest BCUT2D eigenvalue weighted by atomic mass is 19.4. The van der Waals surface area contributed by atoms with Crippen molar-refractivity contribution in [2.24, 2.45) is 0 Å². The number of fused-ring (bicyclic) bond motifs is 3. The molecule has 34 heavy (non-hydrogen) atoms. The van der Waals surface area contributed by atoms with Gasteiger partial charge in [0, 0.05) is 11.9 Å². The number of benzene rings is 2. The van der Waals surface area contributed by atoms with E-state index in [1.54, 1.807) is 7.11 Å². The van der Waals surface area contributed by atoms with Crippen molar-refractivity contribution in [3.63, 3.8) is 0 Å². The molecule has 11 heteroatoms. The van der Waals surface area contributed by atoms with Gasteiger partial charge < -0.3 is 10.5 Å². The lowest BCUT2D eigenvalue weighted by atomic mass is 10.1. The van der Waals surface area contributed by atoms with E-state index in [9.17, 15) is 17.6 Å². The van der Waals surface area contributed by atoms with E-state index in [1.807, 2.05) is 18.2 Å². The number of hydrogen-bond acceptors (Lipinski definition) is 6. The van der Waals surface area contributed by atoms with Crippen LogP contribution in [0.5, 0.6) is 5.75 Å². The summed E-state index contributed by atoms with van der Waals surface area (Å²) in [5.41, 5.74) is 6.65. The molecule has 1 fully saturated rings. The molecular weight excluding hydrogens is 452 g/mol. The van der Waals surface area contributed by atoms with Gasteiger partial charge in [0.1, 0.15) is 23.4 Å². The molecule has 0 aliphatic carbocycles. The number of nitrogens with zero attached hydrogens (tertiary/aromatic N) is 5. The first-order valence-corrected chi connectivity index (χ1v) is 10.8. The summed E-state index contributed by atoms with van der Waals surface area (Å²) >= 11 is 0. The molecule has 4 aromatic rings. The Morgan fingerprint density at radius 2 is 1.85 bits per heavy atom. The van der Waals surface area contributed by atoms with Crippen LogP contribution in [0.15, 0.2) is 42.7 Å². The maximum atomic E-state index is 13.2. The van der Waals surface area contributed by atoms with Crippen LogP contribution in [-0.4, -0.2) is 44.7 Å². The Morgan fingerprint density at radius 1 is 1.09 bits per heavy atom. The monoisotopic (exact) mass is 476 g/mol. The lowest BCUT2D eigenvalue weighted by Crippen LogP contribution is -2.29. The fourth-order valence-electron chi connectivity index (χ4n) is 4.02. The summed E-state index contributed by atoms with van der Waals surface area (Å²) < 4.78 is 57.6. The number of para-hydroxylation sites is 1. The van der Waals surface area contributed by atoms with E-state index in [4.69, 9.17) is 10.5 Å². The Hall–Kier alpha value is -3.47. The van der Waals surface area contributed by atoms with E-state index in [1.165, 1.54) is 16.9 Å². The van der Waals surface area contributed by atoms with Gasteiger partial charge in [-0.2, -0.15) is 22.8 Å². The Bertz CT molecular complexity index is 1280. The van der Waals surface area contributed by atoms with Gasteiger partial charge in [0.05, 0.1) is 12.7 Å². The standard InChI is InChI=1S/C13H15F4N.C10H9N5O/c14-12-7-10(6-11(8-12)13(15,16)17)9-18-4-2-1-3-5-18;1-16-7-4-2-3-6-8(7)14-10(11)15-9(6)12-5-13-15/h6-8H,1-5,9H2;2-5H,1H3,(H2,11,14). The molecule has 0 atom stereocenters. The van der Waals surface area contributed by atoms with Crippen molar-refractivity contribution < 1.29 is 22.3 Å². The zero-order chi connectivity index (χ0) is 24.3. The summed E-state index contributed by atoms with van der Waals surface area (Å²) in [5, 5.41) is 4.87. The third-order valence-electron chi connectivity index (χ3n) is 5.59. The third kappa shape index (κ3) is 5.19. The van der Waals surface area contributed by atoms with Crippen molar-refractivity contribution in [1.82, 2.24) is 24.5 Å². The topological polar surface area (TPSA) is 81.6 Å². The van der Waals surface area contributed by atoms with E-state index in [-0.39, 0.29) is 0 Å². The van der Waals surface area contributed by atoms with Gasteiger partial charge in [0.15, 0.2) is 5.65 Å². The lowest BCUT2D eigenvalue weighted by molar-refractivity contribution is -0.137. The molecule has 0 saturated carbocycles. The van der Waals surface area contributed by atoms with Crippen molar-refractivity contribution in [2.75, 3.05) is 25.9 Å². The van der Waals surface area contributed by atoms with Crippen LogP contribution >= 0.6 is 0 Å². The van der Waals surface area contributed by atoms with E-state index < -0.39 is 17.6 Å². The molecule has 5 rings (SSSR count). The molecule has 0 radical (unpaired) electrons. The fourth-order valence-corrected chi connectivity index (χ4v) is 4.02. The Labute approximate surface area is 193 Å². The second kappa shape index (κ2) is 9.80. The van der Waals surface area contributed by atoms with Crippen LogP contribution in [0.25, 0.3) is 16.6 Å². The molecule has 0 bridgehead atoms. The number of nitrogen functional groups attached to an aromatic ring is 1. The van der Waals surface area contributed by atoms with Crippen molar-refractivity contribution >= 4 is 22.5 Å². The lowest BCUT2D eigenvalue weighted by Gasteiger charge is -2.26. The largest absolute Gasteiger partial charge is 0.494 e. The minimum atomic E-state index is -4.49. The number of piperidine rings is 1. The molecular formula is C23H24F4N6O. The highest BCUT2D eigenvalue weighted by molar-refractivity contribution is 5.95. The average molecular weight is 476 g/mol. The predicted octanol–water partition coefficient (Wildman–Crippen LogP) is 4.70. The van der Waals surface area contributed by atoms with Crippen LogP contribution in [0.3, 0.4) is 0 Å². The first-order valence-electron chi connectivity index (χ1n) is 10.8. The van der Waals surface area contributed by atoms with E-state index >= 15 is 0 Å². The van der Waals surface area contributed by atoms with Crippen molar-refractivity contribution in [2.45, 2.75) is 32.0 Å². The molecule has 0 unspecified atom stereocenters. The number of rotatable bonds is 3. The molecule has 0 spiro atoms. The van der Waals surface area contributed by atoms with Crippen LogP contribution in [0.1, 0.15) is 30.4 Å². The van der Waals surface area contributed by atoms with Gasteiger partial charge in [-0.1, -0.05) is 12.5 Å². The summed E-state index contributed by atoms with van der Waals surface area (Å²) in [5.74, 6) is 0.149. The number of alkyl halides is 3. The van der Waals surface area contributed by atoms with Crippen LogP contribution in [0, 0.1) is 5.82 Å². The highest BCUT2D eigenvalue weighted by Crippen LogP contribution is 2.31. The quantitative estimate of drug-likeness (QED) is 0.432. The molecule has 2 aromatic heterocycles. The van der Waals surface area contributed by atoms with Gasteiger partial charge in [-0.25, -0.2) is 14.4 Å². The fraction of sp³-hybridized carbons (Fsp3) is 0.348. The Balaban J connectivity index is 0.000000162. The molecule has 1 aliphatic rings. The van der Waals surface area contributed by atoms with Gasteiger partial charge >= 0.3 is 6.18 Å². The molecule has 7 nitrogen and oxygen atoms in total. The molecule has 2 N–H and O–H groups in total. The molecule has 2 aromatic carbocycles. The number of ether oxygens (including phenoxy) is 1. The molecule has 1 aliphatic heterocycles. The van der Waals surface area contributed by atoms with E-state index in [0.29, 0.717) is 41.0 Å². The maximum absolute atomic E-state index is 13.2. The van der Waals surface area contributed by atoms with Crippen molar-refractivity contribution in [3.8, 4) is 5.75 Å². The summed E-state index contributed by atoms with van der Waals surface area (Å²) in [7, 11) is 1.60. The minimum absolute atomic E-state index is 0.296.